The Morgan fingerprint density at radius 3 is 2.19 bits per heavy atom. The summed E-state index contributed by atoms with van der Waals surface area (Å²) in [6.45, 7) is 15.5. The van der Waals surface area contributed by atoms with Crippen LogP contribution in [-0.4, -0.2) is 70.3 Å². The van der Waals surface area contributed by atoms with Crippen LogP contribution in [0, 0.1) is 46.3 Å². The first kappa shape index (κ1) is 38.6. The van der Waals surface area contributed by atoms with Crippen LogP contribution in [0.25, 0.3) is 0 Å². The molecule has 0 aromatic rings. The Balaban J connectivity index is 1.15. The third-order valence-electron chi connectivity index (χ3n) is 13.7. The quantitative estimate of drug-likeness (QED) is 0.0830. The number of fused-ring (bicyclic) bond motifs is 5. The number of carbonyl (C=O) groups is 2. The van der Waals surface area contributed by atoms with Gasteiger partial charge in [-0.25, -0.2) is 4.79 Å². The molecule has 9 atom stereocenters. The number of ether oxygens (including phenoxy) is 1. The number of carbonyl (C=O) groups excluding carboxylic acids is 2. The fraction of sp³-hybridized carbons (Fsp3) is 0.949. The second-order valence-corrected chi connectivity index (χ2v) is 16.8. The molecule has 4 aliphatic carbocycles. The molecule has 0 bridgehead atoms. The highest BCUT2D eigenvalue weighted by molar-refractivity contribution is 5.84. The van der Waals surface area contributed by atoms with Crippen molar-refractivity contribution in [2.75, 3.05) is 46.4 Å². The molecule has 0 radical (unpaired) electrons. The average molecular weight is 660 g/mol. The van der Waals surface area contributed by atoms with Crippen LogP contribution in [0.4, 0.5) is 0 Å². The van der Waals surface area contributed by atoms with Crippen LogP contribution in [0.1, 0.15) is 130 Å². The molecule has 0 aromatic carbocycles. The number of methoxy groups -OCH3 is 1. The zero-order valence-electron chi connectivity index (χ0n) is 31.0. The Morgan fingerprint density at radius 1 is 0.809 bits per heavy atom. The van der Waals surface area contributed by atoms with Crippen molar-refractivity contribution in [1.82, 2.24) is 21.3 Å². The van der Waals surface area contributed by atoms with E-state index in [4.69, 9.17) is 10.5 Å². The molecule has 9 unspecified atom stereocenters. The summed E-state index contributed by atoms with van der Waals surface area (Å²) in [7, 11) is 1.39. The lowest BCUT2D eigenvalue weighted by molar-refractivity contribution is -0.146. The molecule has 0 heterocycles. The number of hydrogen-bond donors (Lipinski definition) is 5. The smallest absolute Gasteiger partial charge is 0.328 e. The van der Waals surface area contributed by atoms with Gasteiger partial charge in [0.1, 0.15) is 6.04 Å². The van der Waals surface area contributed by atoms with Crippen LogP contribution in [-0.2, 0) is 14.3 Å². The Bertz CT molecular complexity index is 963. The van der Waals surface area contributed by atoms with Gasteiger partial charge >= 0.3 is 5.97 Å². The fourth-order valence-corrected chi connectivity index (χ4v) is 10.9. The molecule has 8 nitrogen and oxygen atoms in total. The molecule has 0 aliphatic heterocycles. The van der Waals surface area contributed by atoms with Crippen LogP contribution >= 0.6 is 0 Å². The zero-order valence-corrected chi connectivity index (χ0v) is 31.0. The maximum Gasteiger partial charge on any atom is 0.328 e. The molecule has 4 fully saturated rings. The minimum Gasteiger partial charge on any atom is -0.467 e. The van der Waals surface area contributed by atoms with Crippen molar-refractivity contribution in [2.24, 2.45) is 52.1 Å². The highest BCUT2D eigenvalue weighted by atomic mass is 16.5. The lowest BCUT2D eigenvalue weighted by atomic mass is 9.44. The number of esters is 1. The van der Waals surface area contributed by atoms with Gasteiger partial charge in [0.05, 0.1) is 7.11 Å². The number of rotatable bonds is 20. The first-order valence-electron chi connectivity index (χ1n) is 19.9. The molecule has 4 rings (SSSR count). The number of amides is 1. The Morgan fingerprint density at radius 2 is 1.49 bits per heavy atom. The molecule has 4 aliphatic rings. The number of nitrogens with two attached hydrogens (primary N) is 1. The van der Waals surface area contributed by atoms with E-state index in [1.165, 1.54) is 84.2 Å². The summed E-state index contributed by atoms with van der Waals surface area (Å²) in [6, 6.07) is 0.149. The van der Waals surface area contributed by atoms with Crippen molar-refractivity contribution in [2.45, 2.75) is 143 Å². The third-order valence-corrected chi connectivity index (χ3v) is 13.7. The first-order valence-corrected chi connectivity index (χ1v) is 19.9. The minimum atomic E-state index is -0.555. The predicted molar refractivity (Wildman–Crippen MR) is 193 cm³/mol. The number of hydrogen-bond acceptors (Lipinski definition) is 7. The molecule has 0 saturated heterocycles. The molecular weight excluding hydrogens is 586 g/mol. The van der Waals surface area contributed by atoms with Crippen molar-refractivity contribution in [1.29, 1.82) is 0 Å². The van der Waals surface area contributed by atoms with Crippen LogP contribution in [0.5, 0.6) is 0 Å². The van der Waals surface area contributed by atoms with Gasteiger partial charge in [0.2, 0.25) is 5.91 Å². The van der Waals surface area contributed by atoms with Gasteiger partial charge in [-0.3, -0.25) is 4.79 Å². The van der Waals surface area contributed by atoms with Crippen molar-refractivity contribution < 1.29 is 14.3 Å². The Hall–Kier alpha value is -1.22. The average Bonchev–Trinajstić information content (AvgIpc) is 3.39. The Kier molecular flexibility index (Phi) is 15.3. The lowest BCUT2D eigenvalue weighted by Crippen LogP contribution is -2.55. The van der Waals surface area contributed by atoms with Crippen molar-refractivity contribution in [3.8, 4) is 0 Å². The third kappa shape index (κ3) is 9.94. The molecule has 47 heavy (non-hydrogen) atoms. The summed E-state index contributed by atoms with van der Waals surface area (Å²) >= 11 is 0. The topological polar surface area (TPSA) is 118 Å². The van der Waals surface area contributed by atoms with E-state index in [9.17, 15) is 9.59 Å². The number of unbranched alkanes of at least 4 members (excludes halogenated alkanes) is 1. The number of nitrogens with one attached hydrogen (secondary N) is 4. The Labute approximate surface area is 288 Å². The van der Waals surface area contributed by atoms with Crippen molar-refractivity contribution in [3.63, 3.8) is 0 Å². The maximum absolute atomic E-state index is 12.7. The summed E-state index contributed by atoms with van der Waals surface area (Å²) in [5.41, 5.74) is 6.50. The van der Waals surface area contributed by atoms with Gasteiger partial charge in [-0.15, -0.1) is 0 Å². The second kappa shape index (κ2) is 18.7. The van der Waals surface area contributed by atoms with E-state index in [-0.39, 0.29) is 17.8 Å². The largest absolute Gasteiger partial charge is 0.467 e. The van der Waals surface area contributed by atoms with Gasteiger partial charge in [0.25, 0.3) is 0 Å². The van der Waals surface area contributed by atoms with Crippen LogP contribution in [0.3, 0.4) is 0 Å². The SMILES string of the molecule is COC(=O)C(NC(=O)CCCC1CCC2C3CCC4CC(NCCCNCCCCNCCCN)CCC4(C)C3CCC12C)C(C)C. The standard InChI is InChI=1S/C39H73N5O3/c1-28(2)36(37(46)47-5)44-35(45)12-8-11-29-14-16-33-32-15-13-30-27-31(17-19-39(30,4)34(32)18-20-38(29,33)3)43-26-10-25-42-23-7-6-22-41-24-9-21-40/h28-34,36,41-43H,6-27,40H2,1-5H3,(H,44,45). The monoisotopic (exact) mass is 660 g/mol. The molecule has 6 N–H and O–H groups in total. The zero-order chi connectivity index (χ0) is 33.9. The van der Waals surface area contributed by atoms with Crippen molar-refractivity contribution in [3.05, 3.63) is 0 Å². The normalized spacial score (nSPS) is 33.9. The maximum atomic E-state index is 12.7. The summed E-state index contributed by atoms with van der Waals surface area (Å²) in [6.07, 6.45) is 19.8. The van der Waals surface area contributed by atoms with Gasteiger partial charge < -0.3 is 31.7 Å². The predicted octanol–water partition coefficient (Wildman–Crippen LogP) is 5.79. The molecule has 1 amide bonds. The van der Waals surface area contributed by atoms with E-state index in [1.807, 2.05) is 13.8 Å². The van der Waals surface area contributed by atoms with E-state index >= 15 is 0 Å². The van der Waals surface area contributed by atoms with Crippen LogP contribution in [0.15, 0.2) is 0 Å². The molecule has 0 spiro atoms. The molecule has 4 saturated carbocycles. The van der Waals surface area contributed by atoms with Gasteiger partial charge in [0, 0.05) is 12.5 Å². The minimum absolute atomic E-state index is 0.0145. The van der Waals surface area contributed by atoms with Gasteiger partial charge in [0.15, 0.2) is 0 Å². The van der Waals surface area contributed by atoms with E-state index in [0.29, 0.717) is 23.3 Å². The molecular formula is C39H73N5O3. The second-order valence-electron chi connectivity index (χ2n) is 16.8. The fourth-order valence-electron chi connectivity index (χ4n) is 10.9. The first-order chi connectivity index (χ1) is 22.6. The highest BCUT2D eigenvalue weighted by Gasteiger charge is 2.59. The molecule has 0 aromatic heterocycles. The molecule has 272 valence electrons. The van der Waals surface area contributed by atoms with E-state index < -0.39 is 6.04 Å². The van der Waals surface area contributed by atoms with Gasteiger partial charge in [-0.05, 0) is 182 Å². The summed E-state index contributed by atoms with van der Waals surface area (Å²) in [4.78, 5) is 24.8. The summed E-state index contributed by atoms with van der Waals surface area (Å²) < 4.78 is 4.90. The van der Waals surface area contributed by atoms with Crippen molar-refractivity contribution >= 4 is 11.9 Å². The van der Waals surface area contributed by atoms with Crippen LogP contribution < -0.4 is 27.0 Å². The van der Waals surface area contributed by atoms with Gasteiger partial charge in [-0.2, -0.15) is 0 Å². The molecule has 8 heteroatoms. The highest BCUT2D eigenvalue weighted by Crippen LogP contribution is 2.67. The summed E-state index contributed by atoms with van der Waals surface area (Å²) in [5, 5.41) is 14.0. The van der Waals surface area contributed by atoms with Gasteiger partial charge in [-0.1, -0.05) is 27.7 Å². The lowest BCUT2D eigenvalue weighted by Gasteiger charge is -2.61. The van der Waals surface area contributed by atoms with E-state index in [1.54, 1.807) is 0 Å². The van der Waals surface area contributed by atoms with Crippen LogP contribution in [0.2, 0.25) is 0 Å². The van der Waals surface area contributed by atoms with E-state index in [0.717, 1.165) is 88.1 Å². The summed E-state index contributed by atoms with van der Waals surface area (Å²) in [5.74, 6) is 3.92. The van der Waals surface area contributed by atoms with E-state index in [2.05, 4.69) is 35.1 Å².